The summed E-state index contributed by atoms with van der Waals surface area (Å²) in [4.78, 5) is 24.4. The van der Waals surface area contributed by atoms with Crippen LogP contribution < -0.4 is 0 Å². The molecule has 3 aromatic heterocycles. The zero-order chi connectivity index (χ0) is 18.9. The van der Waals surface area contributed by atoms with Crippen LogP contribution in [0.15, 0.2) is 53.1 Å². The second kappa shape index (κ2) is 7.47. The molecule has 27 heavy (non-hydrogen) atoms. The molecule has 3 aromatic rings. The van der Waals surface area contributed by atoms with Gasteiger partial charge in [0.25, 0.3) is 5.91 Å². The summed E-state index contributed by atoms with van der Waals surface area (Å²) in [5, 5.41) is 2.80. The van der Waals surface area contributed by atoms with Crippen LogP contribution in [0.2, 0.25) is 0 Å². The van der Waals surface area contributed by atoms with Gasteiger partial charge in [0.1, 0.15) is 14.8 Å². The highest BCUT2D eigenvalue weighted by molar-refractivity contribution is 7.89. The zero-order valence-corrected chi connectivity index (χ0v) is 16.6. The number of amides is 1. The lowest BCUT2D eigenvalue weighted by Crippen LogP contribution is -2.50. The summed E-state index contributed by atoms with van der Waals surface area (Å²) in [7, 11) is -3.58. The second-order valence-electron chi connectivity index (χ2n) is 5.89. The average molecular weight is 421 g/mol. The van der Waals surface area contributed by atoms with Crippen molar-refractivity contribution in [2.24, 2.45) is 0 Å². The third kappa shape index (κ3) is 3.65. The van der Waals surface area contributed by atoms with Gasteiger partial charge < -0.3 is 4.90 Å². The van der Waals surface area contributed by atoms with Crippen molar-refractivity contribution in [3.05, 3.63) is 53.1 Å². The predicted molar refractivity (Wildman–Crippen MR) is 104 cm³/mol. The molecule has 0 unspecified atom stereocenters. The fourth-order valence-electron chi connectivity index (χ4n) is 2.82. The number of thiazole rings is 1. The summed E-state index contributed by atoms with van der Waals surface area (Å²) >= 11 is 2.95. The van der Waals surface area contributed by atoms with Crippen LogP contribution in [0, 0.1) is 0 Å². The molecule has 4 heterocycles. The van der Waals surface area contributed by atoms with Gasteiger partial charge in [-0.3, -0.25) is 9.78 Å². The highest BCUT2D eigenvalue weighted by Crippen LogP contribution is 2.29. The summed E-state index contributed by atoms with van der Waals surface area (Å²) in [6.07, 6.45) is 4.48. The van der Waals surface area contributed by atoms with Crippen LogP contribution in [-0.2, 0) is 10.0 Å². The van der Waals surface area contributed by atoms with E-state index < -0.39 is 10.0 Å². The smallest absolute Gasteiger partial charge is 0.265 e. The Bertz CT molecular complexity index is 1020. The van der Waals surface area contributed by atoms with Crippen LogP contribution in [-0.4, -0.2) is 59.7 Å². The molecular weight excluding hydrogens is 404 g/mol. The van der Waals surface area contributed by atoms with Gasteiger partial charge in [0.15, 0.2) is 0 Å². The van der Waals surface area contributed by atoms with Gasteiger partial charge in [0.2, 0.25) is 10.0 Å². The summed E-state index contributed by atoms with van der Waals surface area (Å²) < 4.78 is 26.7. The highest BCUT2D eigenvalue weighted by atomic mass is 32.2. The molecule has 140 valence electrons. The van der Waals surface area contributed by atoms with E-state index in [0.717, 1.165) is 9.88 Å². The minimum Gasteiger partial charge on any atom is -0.335 e. The van der Waals surface area contributed by atoms with Crippen LogP contribution in [0.3, 0.4) is 0 Å². The Labute approximate surface area is 165 Å². The number of piperazine rings is 1. The standard InChI is InChI=1S/C17H16N4O3S3/c22-17(15-12-19-16(26-15)14-4-2-10-25-14)20-6-8-21(9-7-20)27(23,24)13-3-1-5-18-11-13/h1-5,10-12H,6-9H2. The number of hydrogen-bond acceptors (Lipinski definition) is 7. The minimum atomic E-state index is -3.58. The van der Waals surface area contributed by atoms with Crippen LogP contribution in [0.25, 0.3) is 9.88 Å². The molecule has 0 saturated carbocycles. The van der Waals surface area contributed by atoms with E-state index in [-0.39, 0.29) is 23.9 Å². The van der Waals surface area contributed by atoms with Gasteiger partial charge in [-0.25, -0.2) is 13.4 Å². The molecule has 0 radical (unpaired) electrons. The zero-order valence-electron chi connectivity index (χ0n) is 14.2. The van der Waals surface area contributed by atoms with Crippen LogP contribution in [0.5, 0.6) is 0 Å². The molecule has 0 aromatic carbocycles. The second-order valence-corrected chi connectivity index (χ2v) is 9.81. The summed E-state index contributed by atoms with van der Waals surface area (Å²) in [6.45, 7) is 1.23. The monoisotopic (exact) mass is 420 g/mol. The SMILES string of the molecule is O=C(c1cnc(-c2cccs2)s1)N1CCN(S(=O)(=O)c2cccnc2)CC1. The Morgan fingerprint density at radius 2 is 1.89 bits per heavy atom. The van der Waals surface area contributed by atoms with Gasteiger partial charge in [-0.15, -0.1) is 22.7 Å². The third-order valence-electron chi connectivity index (χ3n) is 4.25. The van der Waals surface area contributed by atoms with Gasteiger partial charge in [-0.05, 0) is 23.6 Å². The molecule has 1 amide bonds. The van der Waals surface area contributed by atoms with Crippen molar-refractivity contribution < 1.29 is 13.2 Å². The molecule has 1 fully saturated rings. The molecule has 0 bridgehead atoms. The summed E-state index contributed by atoms with van der Waals surface area (Å²) in [6, 6.07) is 7.05. The maximum Gasteiger partial charge on any atom is 0.265 e. The van der Waals surface area contributed by atoms with E-state index in [9.17, 15) is 13.2 Å². The fourth-order valence-corrected chi connectivity index (χ4v) is 5.90. The Morgan fingerprint density at radius 3 is 2.56 bits per heavy atom. The van der Waals surface area contributed by atoms with Gasteiger partial charge >= 0.3 is 0 Å². The lowest BCUT2D eigenvalue weighted by atomic mass is 10.3. The van der Waals surface area contributed by atoms with E-state index in [4.69, 9.17) is 0 Å². The fraction of sp³-hybridized carbons (Fsp3) is 0.235. The van der Waals surface area contributed by atoms with E-state index >= 15 is 0 Å². The minimum absolute atomic E-state index is 0.103. The van der Waals surface area contributed by atoms with Crippen LogP contribution >= 0.6 is 22.7 Å². The van der Waals surface area contributed by atoms with E-state index in [1.807, 2.05) is 17.5 Å². The normalized spacial score (nSPS) is 15.8. The van der Waals surface area contributed by atoms with Crippen molar-refractivity contribution in [1.82, 2.24) is 19.2 Å². The molecule has 0 atom stereocenters. The number of pyridine rings is 1. The molecule has 4 rings (SSSR count). The van der Waals surface area contributed by atoms with E-state index in [1.54, 1.807) is 28.5 Å². The molecule has 1 aliphatic rings. The predicted octanol–water partition coefficient (Wildman–Crippen LogP) is 2.41. The molecule has 1 saturated heterocycles. The van der Waals surface area contributed by atoms with Gasteiger partial charge in [0.05, 0.1) is 11.1 Å². The first-order valence-corrected chi connectivity index (χ1v) is 11.4. The van der Waals surface area contributed by atoms with Crippen LogP contribution in [0.1, 0.15) is 9.67 Å². The quantitative estimate of drug-likeness (QED) is 0.647. The number of carbonyl (C=O) groups excluding carboxylic acids is 1. The number of aromatic nitrogens is 2. The first-order valence-electron chi connectivity index (χ1n) is 8.25. The van der Waals surface area contributed by atoms with E-state index in [2.05, 4.69) is 9.97 Å². The average Bonchev–Trinajstić information content (AvgIpc) is 3.40. The molecular formula is C17H16N4O3S3. The maximum atomic E-state index is 12.7. The van der Waals surface area contributed by atoms with Crippen molar-refractivity contribution in [2.75, 3.05) is 26.2 Å². The number of nitrogens with zero attached hydrogens (tertiary/aromatic N) is 4. The molecule has 0 N–H and O–H groups in total. The summed E-state index contributed by atoms with van der Waals surface area (Å²) in [5.74, 6) is -0.103. The Kier molecular flexibility index (Phi) is 5.04. The number of sulfonamides is 1. The highest BCUT2D eigenvalue weighted by Gasteiger charge is 2.31. The van der Waals surface area contributed by atoms with E-state index in [1.165, 1.54) is 34.1 Å². The largest absolute Gasteiger partial charge is 0.335 e. The van der Waals surface area contributed by atoms with Crippen LogP contribution in [0.4, 0.5) is 0 Å². The molecule has 7 nitrogen and oxygen atoms in total. The van der Waals surface area contributed by atoms with Crippen molar-refractivity contribution in [2.45, 2.75) is 4.90 Å². The first kappa shape index (κ1) is 18.2. The van der Waals surface area contributed by atoms with Crippen molar-refractivity contribution in [3.8, 4) is 9.88 Å². The Balaban J connectivity index is 1.43. The number of carbonyl (C=O) groups is 1. The van der Waals surface area contributed by atoms with Gasteiger partial charge in [-0.1, -0.05) is 6.07 Å². The summed E-state index contributed by atoms with van der Waals surface area (Å²) in [5.41, 5.74) is 0. The Hall–Kier alpha value is -2.14. The maximum absolute atomic E-state index is 12.7. The van der Waals surface area contributed by atoms with Gasteiger partial charge in [-0.2, -0.15) is 4.31 Å². The lowest BCUT2D eigenvalue weighted by molar-refractivity contribution is 0.0702. The Morgan fingerprint density at radius 1 is 1.07 bits per heavy atom. The van der Waals surface area contributed by atoms with E-state index in [0.29, 0.717) is 18.0 Å². The topological polar surface area (TPSA) is 83.5 Å². The first-order chi connectivity index (χ1) is 13.1. The van der Waals surface area contributed by atoms with Crippen molar-refractivity contribution >= 4 is 38.6 Å². The lowest BCUT2D eigenvalue weighted by Gasteiger charge is -2.33. The van der Waals surface area contributed by atoms with Gasteiger partial charge in [0, 0.05) is 38.6 Å². The third-order valence-corrected chi connectivity index (χ3v) is 8.15. The molecule has 0 spiro atoms. The van der Waals surface area contributed by atoms with Crippen molar-refractivity contribution in [3.63, 3.8) is 0 Å². The number of rotatable bonds is 4. The molecule has 10 heteroatoms. The number of thiophene rings is 1. The molecule has 1 aliphatic heterocycles. The number of hydrogen-bond donors (Lipinski definition) is 0. The van der Waals surface area contributed by atoms with Crippen molar-refractivity contribution in [1.29, 1.82) is 0 Å². The molecule has 0 aliphatic carbocycles.